The molecule has 0 heterocycles. The topological polar surface area (TPSA) is 9.23 Å². The zero-order valence-corrected chi connectivity index (χ0v) is 11.8. The van der Waals surface area contributed by atoms with Crippen molar-refractivity contribution in [2.75, 3.05) is 0 Å². The normalized spacial score (nSPS) is 10.2. The number of thiol groups is 1. The Morgan fingerprint density at radius 2 is 1.30 bits per heavy atom. The average molecular weight is 278 g/mol. The van der Waals surface area contributed by atoms with E-state index in [1.807, 2.05) is 66.7 Å². The van der Waals surface area contributed by atoms with E-state index in [2.05, 4.69) is 24.8 Å². The lowest BCUT2D eigenvalue weighted by Gasteiger charge is -2.13. The van der Waals surface area contributed by atoms with Crippen molar-refractivity contribution >= 4 is 12.6 Å². The van der Waals surface area contributed by atoms with Gasteiger partial charge in [0.2, 0.25) is 0 Å². The van der Waals surface area contributed by atoms with Gasteiger partial charge in [-0.3, -0.25) is 0 Å². The third-order valence-electron chi connectivity index (χ3n) is 3.04. The number of ether oxygens (including phenoxy) is 1. The van der Waals surface area contributed by atoms with Crippen LogP contribution in [0.2, 0.25) is 0 Å². The Morgan fingerprint density at radius 1 is 0.650 bits per heavy atom. The second kappa shape index (κ2) is 5.85. The van der Waals surface area contributed by atoms with E-state index in [1.165, 1.54) is 0 Å². The van der Waals surface area contributed by atoms with Crippen molar-refractivity contribution in [2.24, 2.45) is 0 Å². The van der Waals surface area contributed by atoms with Gasteiger partial charge in [-0.25, -0.2) is 0 Å². The molecule has 0 N–H and O–H groups in total. The van der Waals surface area contributed by atoms with E-state index >= 15 is 0 Å². The van der Waals surface area contributed by atoms with Crippen LogP contribution >= 0.6 is 12.6 Å². The molecule has 3 aromatic carbocycles. The number of benzene rings is 3. The molecule has 0 saturated heterocycles. The minimum atomic E-state index is 0.785. The first-order valence-corrected chi connectivity index (χ1v) is 6.89. The van der Waals surface area contributed by atoms with Crippen LogP contribution in [0.5, 0.6) is 11.5 Å². The maximum Gasteiger partial charge on any atom is 0.148 e. The van der Waals surface area contributed by atoms with Crippen LogP contribution in [0.4, 0.5) is 0 Å². The molecule has 98 valence electrons. The van der Waals surface area contributed by atoms with Gasteiger partial charge >= 0.3 is 0 Å². The molecule has 2 heteroatoms. The molecule has 0 spiro atoms. The quantitative estimate of drug-likeness (QED) is 0.628. The lowest BCUT2D eigenvalue weighted by molar-refractivity contribution is 0.473. The molecule has 0 aromatic heterocycles. The predicted molar refractivity (Wildman–Crippen MR) is 85.6 cm³/mol. The largest absolute Gasteiger partial charge is 0.456 e. The summed E-state index contributed by atoms with van der Waals surface area (Å²) in [6.45, 7) is 0. The van der Waals surface area contributed by atoms with Gasteiger partial charge in [-0.15, -0.1) is 12.6 Å². The number of rotatable bonds is 3. The van der Waals surface area contributed by atoms with Crippen LogP contribution < -0.4 is 4.74 Å². The van der Waals surface area contributed by atoms with Gasteiger partial charge in [0.15, 0.2) is 0 Å². The lowest BCUT2D eigenvalue weighted by Crippen LogP contribution is -1.89. The van der Waals surface area contributed by atoms with E-state index < -0.39 is 0 Å². The molecule has 1 nitrogen and oxygen atoms in total. The standard InChI is InChI=1S/C18H14OS/c20-17-13-7-12-16(14-8-3-1-4-9-14)18(17)19-15-10-5-2-6-11-15/h1-13,20H. The molecule has 0 atom stereocenters. The zero-order valence-electron chi connectivity index (χ0n) is 10.9. The fourth-order valence-electron chi connectivity index (χ4n) is 2.08. The van der Waals surface area contributed by atoms with E-state index in [0.717, 1.165) is 27.5 Å². The van der Waals surface area contributed by atoms with Crippen LogP contribution in [0.25, 0.3) is 11.1 Å². The Balaban J connectivity index is 2.06. The second-order valence-corrected chi connectivity index (χ2v) is 4.92. The van der Waals surface area contributed by atoms with Crippen molar-refractivity contribution in [3.8, 4) is 22.6 Å². The molecule has 0 fully saturated rings. The predicted octanol–water partition coefficient (Wildman–Crippen LogP) is 5.43. The third kappa shape index (κ3) is 2.70. The summed E-state index contributed by atoms with van der Waals surface area (Å²) >= 11 is 4.52. The molecule has 0 radical (unpaired) electrons. The van der Waals surface area contributed by atoms with E-state index in [4.69, 9.17) is 4.74 Å². The van der Waals surface area contributed by atoms with Gasteiger partial charge in [0.25, 0.3) is 0 Å². The van der Waals surface area contributed by atoms with Gasteiger partial charge in [0, 0.05) is 10.5 Å². The molecule has 0 aliphatic heterocycles. The molecule has 0 bridgehead atoms. The van der Waals surface area contributed by atoms with Crippen molar-refractivity contribution < 1.29 is 4.74 Å². The zero-order chi connectivity index (χ0) is 13.8. The summed E-state index contributed by atoms with van der Waals surface area (Å²) in [4.78, 5) is 0.829. The number of hydrogen-bond acceptors (Lipinski definition) is 2. The minimum Gasteiger partial charge on any atom is -0.456 e. The van der Waals surface area contributed by atoms with E-state index in [-0.39, 0.29) is 0 Å². The Kier molecular flexibility index (Phi) is 3.75. The smallest absolute Gasteiger partial charge is 0.148 e. The van der Waals surface area contributed by atoms with Gasteiger partial charge in [-0.1, -0.05) is 60.7 Å². The SMILES string of the molecule is Sc1cccc(-c2ccccc2)c1Oc1ccccc1. The van der Waals surface area contributed by atoms with Gasteiger partial charge in [0.1, 0.15) is 11.5 Å². The Morgan fingerprint density at radius 3 is 2.00 bits per heavy atom. The van der Waals surface area contributed by atoms with Crippen molar-refractivity contribution in [3.05, 3.63) is 78.9 Å². The molecular formula is C18H14OS. The first kappa shape index (κ1) is 12.8. The monoisotopic (exact) mass is 278 g/mol. The van der Waals surface area contributed by atoms with Crippen LogP contribution in [0, 0.1) is 0 Å². The summed E-state index contributed by atoms with van der Waals surface area (Å²) < 4.78 is 6.02. The summed E-state index contributed by atoms with van der Waals surface area (Å²) in [5.41, 5.74) is 2.16. The van der Waals surface area contributed by atoms with Crippen LogP contribution in [-0.2, 0) is 0 Å². The minimum absolute atomic E-state index is 0.785. The molecule has 0 aliphatic rings. The number of hydrogen-bond donors (Lipinski definition) is 1. The Hall–Kier alpha value is -2.19. The van der Waals surface area contributed by atoms with Gasteiger partial charge < -0.3 is 4.74 Å². The molecule has 0 amide bonds. The molecule has 20 heavy (non-hydrogen) atoms. The van der Waals surface area contributed by atoms with Gasteiger partial charge in [-0.2, -0.15) is 0 Å². The van der Waals surface area contributed by atoms with E-state index in [1.54, 1.807) is 0 Å². The fourth-order valence-corrected chi connectivity index (χ4v) is 2.34. The maximum atomic E-state index is 6.02. The summed E-state index contributed by atoms with van der Waals surface area (Å²) in [5.74, 6) is 1.60. The van der Waals surface area contributed by atoms with Crippen molar-refractivity contribution in [2.45, 2.75) is 4.90 Å². The highest BCUT2D eigenvalue weighted by atomic mass is 32.1. The third-order valence-corrected chi connectivity index (χ3v) is 3.39. The van der Waals surface area contributed by atoms with Crippen molar-refractivity contribution in [1.82, 2.24) is 0 Å². The maximum absolute atomic E-state index is 6.02. The molecule has 0 saturated carbocycles. The van der Waals surface area contributed by atoms with E-state index in [0.29, 0.717) is 0 Å². The van der Waals surface area contributed by atoms with Crippen LogP contribution in [0.3, 0.4) is 0 Å². The molecule has 0 unspecified atom stereocenters. The highest BCUT2D eigenvalue weighted by Gasteiger charge is 2.10. The molecule has 0 aliphatic carbocycles. The average Bonchev–Trinajstić information content (AvgIpc) is 2.51. The fraction of sp³-hybridized carbons (Fsp3) is 0. The first-order valence-electron chi connectivity index (χ1n) is 6.45. The second-order valence-electron chi connectivity index (χ2n) is 4.43. The van der Waals surface area contributed by atoms with Crippen LogP contribution in [0.15, 0.2) is 83.8 Å². The van der Waals surface area contributed by atoms with Gasteiger partial charge in [0.05, 0.1) is 0 Å². The molecule has 3 rings (SSSR count). The van der Waals surface area contributed by atoms with Crippen LogP contribution in [-0.4, -0.2) is 0 Å². The van der Waals surface area contributed by atoms with Crippen LogP contribution in [0.1, 0.15) is 0 Å². The van der Waals surface area contributed by atoms with Crippen molar-refractivity contribution in [3.63, 3.8) is 0 Å². The summed E-state index contributed by atoms with van der Waals surface area (Å²) in [6.07, 6.45) is 0. The Bertz CT molecular complexity index is 693. The number of para-hydroxylation sites is 2. The summed E-state index contributed by atoms with van der Waals surface area (Å²) in [5, 5.41) is 0. The van der Waals surface area contributed by atoms with Gasteiger partial charge in [-0.05, 0) is 23.8 Å². The highest BCUT2D eigenvalue weighted by Crippen LogP contribution is 2.37. The van der Waals surface area contributed by atoms with Crippen molar-refractivity contribution in [1.29, 1.82) is 0 Å². The molecular weight excluding hydrogens is 264 g/mol. The lowest BCUT2D eigenvalue weighted by atomic mass is 10.0. The molecule has 3 aromatic rings. The Labute approximate surface area is 124 Å². The van der Waals surface area contributed by atoms with E-state index in [9.17, 15) is 0 Å². The first-order chi connectivity index (χ1) is 9.84. The summed E-state index contributed by atoms with van der Waals surface area (Å²) in [6, 6.07) is 25.9. The summed E-state index contributed by atoms with van der Waals surface area (Å²) in [7, 11) is 0. The highest BCUT2D eigenvalue weighted by molar-refractivity contribution is 7.80.